The summed E-state index contributed by atoms with van der Waals surface area (Å²) in [6.45, 7) is 0.486. The molecule has 3 nitrogen and oxygen atoms in total. The smallest absolute Gasteiger partial charge is 0.341 e. The highest BCUT2D eigenvalue weighted by Gasteiger charge is 2.39. The van der Waals surface area contributed by atoms with Gasteiger partial charge in [0.25, 0.3) is 0 Å². The number of carbonyl (C=O) groups excluding carboxylic acids is 1. The highest BCUT2D eigenvalue weighted by Crippen LogP contribution is 2.21. The molecule has 1 aromatic rings. The van der Waals surface area contributed by atoms with E-state index in [9.17, 15) is 22.4 Å². The quantitative estimate of drug-likeness (QED) is 0.846. The summed E-state index contributed by atoms with van der Waals surface area (Å²) in [7, 11) is 3.54. The molecule has 1 atom stereocenters. The van der Waals surface area contributed by atoms with E-state index in [0.29, 0.717) is 18.5 Å². The summed E-state index contributed by atoms with van der Waals surface area (Å²) in [4.78, 5) is 12.8. The molecule has 20 heavy (non-hydrogen) atoms. The number of rotatable bonds is 5. The van der Waals surface area contributed by atoms with Crippen LogP contribution in [-0.4, -0.2) is 37.6 Å². The predicted octanol–water partition coefficient (Wildman–Crippen LogP) is 2.50. The first-order valence-corrected chi connectivity index (χ1v) is 5.98. The van der Waals surface area contributed by atoms with Crippen LogP contribution >= 0.6 is 0 Å². The van der Waals surface area contributed by atoms with Crippen LogP contribution in [0.1, 0.15) is 18.0 Å². The summed E-state index contributed by atoms with van der Waals surface area (Å²) in [6, 6.07) is 4.22. The van der Waals surface area contributed by atoms with Crippen LogP contribution in [0.3, 0.4) is 0 Å². The average Bonchev–Trinajstić information content (AvgIpc) is 2.34. The minimum Gasteiger partial charge on any atom is -0.341 e. The zero-order chi connectivity index (χ0) is 15.3. The van der Waals surface area contributed by atoms with Gasteiger partial charge in [0.05, 0.1) is 6.04 Å². The second-order valence-electron chi connectivity index (χ2n) is 4.67. The Morgan fingerprint density at radius 1 is 1.25 bits per heavy atom. The number of carbonyl (C=O) groups is 1. The van der Waals surface area contributed by atoms with E-state index in [1.807, 2.05) is 5.32 Å². The van der Waals surface area contributed by atoms with E-state index in [4.69, 9.17) is 0 Å². The molecule has 0 heterocycles. The zero-order valence-electron chi connectivity index (χ0n) is 11.2. The monoisotopic (exact) mass is 292 g/mol. The predicted molar refractivity (Wildman–Crippen MR) is 66.5 cm³/mol. The Hall–Kier alpha value is -1.63. The molecule has 0 fully saturated rings. The van der Waals surface area contributed by atoms with Crippen molar-refractivity contribution in [2.24, 2.45) is 0 Å². The molecule has 1 unspecified atom stereocenters. The Balaban J connectivity index is 2.85. The van der Waals surface area contributed by atoms with Crippen LogP contribution in [0.4, 0.5) is 17.6 Å². The standard InChI is InChI=1S/C13H16F4N2O/c1-19(2)8-7-11(18-12(20)13(15,16)17)9-3-5-10(14)6-4-9/h3-6,11H,7-8H2,1-2H3,(H,18,20). The van der Waals surface area contributed by atoms with Gasteiger partial charge in [-0.2, -0.15) is 13.2 Å². The summed E-state index contributed by atoms with van der Waals surface area (Å²) in [5.74, 6) is -2.48. The van der Waals surface area contributed by atoms with Crippen molar-refractivity contribution < 1.29 is 22.4 Å². The first-order chi connectivity index (χ1) is 9.20. The maximum absolute atomic E-state index is 12.8. The Morgan fingerprint density at radius 3 is 2.25 bits per heavy atom. The molecule has 7 heteroatoms. The van der Waals surface area contributed by atoms with Gasteiger partial charge in [-0.25, -0.2) is 4.39 Å². The molecule has 1 amide bonds. The number of benzene rings is 1. The Bertz CT molecular complexity index is 443. The fraction of sp³-hybridized carbons (Fsp3) is 0.462. The van der Waals surface area contributed by atoms with Crippen LogP contribution in [0, 0.1) is 5.82 Å². The first-order valence-electron chi connectivity index (χ1n) is 5.98. The number of nitrogens with zero attached hydrogens (tertiary/aromatic N) is 1. The lowest BCUT2D eigenvalue weighted by Gasteiger charge is -2.22. The fourth-order valence-electron chi connectivity index (χ4n) is 1.64. The Morgan fingerprint density at radius 2 is 1.80 bits per heavy atom. The van der Waals surface area contributed by atoms with Gasteiger partial charge in [0, 0.05) is 0 Å². The van der Waals surface area contributed by atoms with E-state index >= 15 is 0 Å². The number of hydrogen-bond donors (Lipinski definition) is 1. The van der Waals surface area contributed by atoms with Crippen LogP contribution in [0.2, 0.25) is 0 Å². The summed E-state index contributed by atoms with van der Waals surface area (Å²) >= 11 is 0. The lowest BCUT2D eigenvalue weighted by atomic mass is 10.0. The van der Waals surface area contributed by atoms with Crippen LogP contribution in [-0.2, 0) is 4.79 Å². The molecule has 0 aliphatic rings. The van der Waals surface area contributed by atoms with Gasteiger partial charge in [0.2, 0.25) is 0 Å². The van der Waals surface area contributed by atoms with E-state index in [-0.39, 0.29) is 0 Å². The maximum atomic E-state index is 12.8. The average molecular weight is 292 g/mol. The third-order valence-corrected chi connectivity index (χ3v) is 2.70. The molecule has 0 saturated heterocycles. The van der Waals surface area contributed by atoms with Crippen molar-refractivity contribution in [2.75, 3.05) is 20.6 Å². The summed E-state index contributed by atoms with van der Waals surface area (Å²) in [5.41, 5.74) is 0.436. The normalized spacial score (nSPS) is 13.3. The van der Waals surface area contributed by atoms with Crippen molar-refractivity contribution >= 4 is 5.91 Å². The number of hydrogen-bond acceptors (Lipinski definition) is 2. The Labute approximate surface area is 114 Å². The molecular formula is C13H16F4N2O. The molecule has 0 radical (unpaired) electrons. The van der Waals surface area contributed by atoms with Crippen molar-refractivity contribution in [3.63, 3.8) is 0 Å². The minimum absolute atomic E-state index is 0.292. The van der Waals surface area contributed by atoms with Gasteiger partial charge in [-0.15, -0.1) is 0 Å². The van der Waals surface area contributed by atoms with Gasteiger partial charge in [-0.05, 0) is 44.8 Å². The minimum atomic E-state index is -4.93. The van der Waals surface area contributed by atoms with Gasteiger partial charge in [0.1, 0.15) is 5.82 Å². The molecule has 1 rings (SSSR count). The van der Waals surface area contributed by atoms with Crippen molar-refractivity contribution in [2.45, 2.75) is 18.6 Å². The molecule has 0 aliphatic heterocycles. The largest absolute Gasteiger partial charge is 0.471 e. The van der Waals surface area contributed by atoms with E-state index in [2.05, 4.69) is 0 Å². The number of alkyl halides is 3. The van der Waals surface area contributed by atoms with Gasteiger partial charge in [-0.1, -0.05) is 12.1 Å². The number of nitrogens with one attached hydrogen (secondary N) is 1. The van der Waals surface area contributed by atoms with Crippen LogP contribution in [0.15, 0.2) is 24.3 Å². The lowest BCUT2D eigenvalue weighted by Crippen LogP contribution is -2.40. The van der Waals surface area contributed by atoms with Crippen LogP contribution < -0.4 is 5.32 Å². The van der Waals surface area contributed by atoms with E-state index in [1.54, 1.807) is 19.0 Å². The highest BCUT2D eigenvalue weighted by molar-refractivity contribution is 5.82. The summed E-state index contributed by atoms with van der Waals surface area (Å²) < 4.78 is 49.8. The van der Waals surface area contributed by atoms with E-state index in [1.165, 1.54) is 12.1 Å². The maximum Gasteiger partial charge on any atom is 0.471 e. The van der Waals surface area contributed by atoms with E-state index in [0.717, 1.165) is 12.1 Å². The van der Waals surface area contributed by atoms with Crippen molar-refractivity contribution in [3.8, 4) is 0 Å². The van der Waals surface area contributed by atoms with Crippen molar-refractivity contribution in [1.82, 2.24) is 10.2 Å². The molecular weight excluding hydrogens is 276 g/mol. The van der Waals surface area contributed by atoms with Crippen molar-refractivity contribution in [3.05, 3.63) is 35.6 Å². The third-order valence-electron chi connectivity index (χ3n) is 2.70. The van der Waals surface area contributed by atoms with Crippen molar-refractivity contribution in [1.29, 1.82) is 0 Å². The first kappa shape index (κ1) is 16.4. The SMILES string of the molecule is CN(C)CCC(NC(=O)C(F)(F)F)c1ccc(F)cc1. The topological polar surface area (TPSA) is 32.3 Å². The van der Waals surface area contributed by atoms with Gasteiger partial charge < -0.3 is 10.2 Å². The molecule has 1 aromatic carbocycles. The molecule has 0 bridgehead atoms. The number of halogens is 4. The fourth-order valence-corrected chi connectivity index (χ4v) is 1.64. The highest BCUT2D eigenvalue weighted by atomic mass is 19.4. The second kappa shape index (κ2) is 6.69. The van der Waals surface area contributed by atoms with Gasteiger partial charge >= 0.3 is 12.1 Å². The van der Waals surface area contributed by atoms with Gasteiger partial charge in [0.15, 0.2) is 0 Å². The molecule has 0 aliphatic carbocycles. The van der Waals surface area contributed by atoms with Gasteiger partial charge in [-0.3, -0.25) is 4.79 Å². The molecule has 0 aromatic heterocycles. The third kappa shape index (κ3) is 5.16. The second-order valence-corrected chi connectivity index (χ2v) is 4.67. The number of amides is 1. The molecule has 0 spiro atoms. The summed E-state index contributed by atoms with van der Waals surface area (Å²) in [5, 5.41) is 1.94. The lowest BCUT2D eigenvalue weighted by molar-refractivity contribution is -0.174. The van der Waals surface area contributed by atoms with Crippen LogP contribution in [0.5, 0.6) is 0 Å². The molecule has 0 saturated carbocycles. The molecule has 1 N–H and O–H groups in total. The molecule has 112 valence electrons. The van der Waals surface area contributed by atoms with E-state index < -0.39 is 23.9 Å². The zero-order valence-corrected chi connectivity index (χ0v) is 11.2. The Kier molecular flexibility index (Phi) is 5.50. The summed E-state index contributed by atoms with van der Waals surface area (Å²) in [6.07, 6.45) is -4.64. The van der Waals surface area contributed by atoms with Crippen LogP contribution in [0.25, 0.3) is 0 Å².